The molecule has 1 aliphatic rings. The van der Waals surface area contributed by atoms with Crippen LogP contribution in [0.2, 0.25) is 0 Å². The molecule has 1 aromatic carbocycles. The van der Waals surface area contributed by atoms with Crippen LogP contribution in [0.25, 0.3) is 22.4 Å². The van der Waals surface area contributed by atoms with E-state index in [-0.39, 0.29) is 17.0 Å². The number of hydrogen-bond donors (Lipinski definition) is 2. The second kappa shape index (κ2) is 8.90. The van der Waals surface area contributed by atoms with E-state index in [0.29, 0.717) is 19.6 Å². The van der Waals surface area contributed by atoms with Crippen molar-refractivity contribution < 1.29 is 19.4 Å². The van der Waals surface area contributed by atoms with Crippen LogP contribution < -0.4 is 10.2 Å². The highest BCUT2D eigenvalue weighted by Crippen LogP contribution is 2.45. The van der Waals surface area contributed by atoms with Gasteiger partial charge < -0.3 is 24.1 Å². The first-order valence-corrected chi connectivity index (χ1v) is 11.1. The van der Waals surface area contributed by atoms with Crippen LogP contribution in [0.1, 0.15) is 49.2 Å². The van der Waals surface area contributed by atoms with Crippen molar-refractivity contribution in [1.82, 2.24) is 9.55 Å². The predicted molar refractivity (Wildman–Crippen MR) is 127 cm³/mol. The zero-order valence-electron chi connectivity index (χ0n) is 19.5. The molecule has 1 atom stereocenters. The molecular weight excluding hydrogens is 420 g/mol. The predicted octanol–water partition coefficient (Wildman–Crippen LogP) is 4.77. The Morgan fingerprint density at radius 3 is 2.64 bits per heavy atom. The average Bonchev–Trinajstić information content (AvgIpc) is 3.29. The number of pyridine rings is 1. The highest BCUT2D eigenvalue weighted by molar-refractivity contribution is 5.88. The molecule has 33 heavy (non-hydrogen) atoms. The molecule has 0 bridgehead atoms. The molecule has 0 radical (unpaired) electrons. The third kappa shape index (κ3) is 4.46. The topological polar surface area (TPSA) is 93.6 Å². The SMILES string of the molecule is COCCCOc1cc2c(cc1-c1cc[nH]c1)-c1cc(=O)c(C(=O)O)cn1[C@H](C(C)(C)C)C2. The standard InChI is InChI=1S/C26H30N2O5/c1-26(2,3)24-11-17-10-23(33-9-5-8-32-4)19(16-6-7-27-14-16)12-18(17)21-13-22(29)20(25(30)31)15-28(21)24/h6-7,10,12-15,24,27H,5,8-9,11H2,1-4H3,(H,30,31)/t24-/m0/s1. The quantitative estimate of drug-likeness (QED) is 0.506. The van der Waals surface area contributed by atoms with E-state index in [1.165, 1.54) is 12.3 Å². The van der Waals surface area contributed by atoms with Crippen molar-refractivity contribution in [3.63, 3.8) is 0 Å². The van der Waals surface area contributed by atoms with Gasteiger partial charge in [-0.15, -0.1) is 0 Å². The van der Waals surface area contributed by atoms with Crippen LogP contribution in [0.5, 0.6) is 5.75 Å². The van der Waals surface area contributed by atoms with Crippen molar-refractivity contribution in [3.8, 4) is 28.1 Å². The van der Waals surface area contributed by atoms with Crippen molar-refractivity contribution in [2.45, 2.75) is 39.7 Å². The molecular formula is C26H30N2O5. The molecule has 0 saturated carbocycles. The van der Waals surface area contributed by atoms with E-state index in [1.54, 1.807) is 7.11 Å². The Morgan fingerprint density at radius 2 is 2.00 bits per heavy atom. The average molecular weight is 451 g/mol. The number of benzene rings is 1. The lowest BCUT2D eigenvalue weighted by Gasteiger charge is -2.39. The maximum atomic E-state index is 12.6. The van der Waals surface area contributed by atoms with E-state index in [9.17, 15) is 14.7 Å². The molecule has 0 aliphatic carbocycles. The highest BCUT2D eigenvalue weighted by atomic mass is 16.5. The molecule has 4 rings (SSSR count). The molecule has 2 N–H and O–H groups in total. The van der Waals surface area contributed by atoms with Gasteiger partial charge in [-0.05, 0) is 35.6 Å². The fraction of sp³-hybridized carbons (Fsp3) is 0.385. The third-order valence-corrected chi connectivity index (χ3v) is 6.20. The van der Waals surface area contributed by atoms with E-state index in [2.05, 4.69) is 37.9 Å². The summed E-state index contributed by atoms with van der Waals surface area (Å²) >= 11 is 0. The van der Waals surface area contributed by atoms with Crippen molar-refractivity contribution in [1.29, 1.82) is 0 Å². The van der Waals surface area contributed by atoms with Gasteiger partial charge in [-0.25, -0.2) is 4.79 Å². The maximum Gasteiger partial charge on any atom is 0.341 e. The molecule has 174 valence electrons. The number of hydrogen-bond acceptors (Lipinski definition) is 4. The van der Waals surface area contributed by atoms with Crippen LogP contribution in [-0.4, -0.2) is 41.0 Å². The normalized spacial score (nSPS) is 15.1. The molecule has 0 unspecified atom stereocenters. The summed E-state index contributed by atoms with van der Waals surface area (Å²) in [7, 11) is 1.67. The van der Waals surface area contributed by atoms with Crippen LogP contribution in [0.4, 0.5) is 0 Å². The maximum absolute atomic E-state index is 12.6. The molecule has 1 aliphatic heterocycles. The number of carboxylic acids is 1. The summed E-state index contributed by atoms with van der Waals surface area (Å²) in [6.07, 6.45) is 6.75. The molecule has 0 saturated heterocycles. The Bertz CT molecular complexity index is 1220. The molecule has 0 amide bonds. The number of methoxy groups -OCH3 is 1. The van der Waals surface area contributed by atoms with Gasteiger partial charge in [-0.3, -0.25) is 4.79 Å². The summed E-state index contributed by atoms with van der Waals surface area (Å²) in [4.78, 5) is 27.4. The number of carbonyl (C=O) groups is 1. The number of nitrogens with zero attached hydrogens (tertiary/aromatic N) is 1. The molecule has 3 heterocycles. The van der Waals surface area contributed by atoms with Gasteiger partial charge in [0.05, 0.1) is 12.3 Å². The van der Waals surface area contributed by atoms with Crippen molar-refractivity contribution in [2.24, 2.45) is 5.41 Å². The van der Waals surface area contributed by atoms with E-state index in [0.717, 1.165) is 40.1 Å². The van der Waals surface area contributed by atoms with Gasteiger partial charge in [-0.1, -0.05) is 20.8 Å². The second-order valence-corrected chi connectivity index (χ2v) is 9.53. The molecule has 2 aromatic heterocycles. The van der Waals surface area contributed by atoms with Gasteiger partial charge in [0.25, 0.3) is 0 Å². The first-order chi connectivity index (χ1) is 15.7. The Hall–Kier alpha value is -3.32. The van der Waals surface area contributed by atoms with Gasteiger partial charge in [0.15, 0.2) is 5.43 Å². The van der Waals surface area contributed by atoms with Crippen molar-refractivity contribution >= 4 is 5.97 Å². The Labute approximate surface area is 193 Å². The fourth-order valence-corrected chi connectivity index (χ4v) is 4.47. The first kappa shape index (κ1) is 22.9. The summed E-state index contributed by atoms with van der Waals surface area (Å²) in [6, 6.07) is 7.54. The van der Waals surface area contributed by atoms with Crippen molar-refractivity contribution in [2.75, 3.05) is 20.3 Å². The second-order valence-electron chi connectivity index (χ2n) is 9.53. The Kier molecular flexibility index (Phi) is 6.17. The molecule has 7 heteroatoms. The first-order valence-electron chi connectivity index (χ1n) is 11.1. The van der Waals surface area contributed by atoms with Gasteiger partial charge >= 0.3 is 5.97 Å². The smallest absolute Gasteiger partial charge is 0.341 e. The van der Waals surface area contributed by atoms with Crippen molar-refractivity contribution in [3.05, 3.63) is 64.2 Å². The summed E-state index contributed by atoms with van der Waals surface area (Å²) in [5, 5.41) is 9.54. The summed E-state index contributed by atoms with van der Waals surface area (Å²) in [6.45, 7) is 7.54. The largest absolute Gasteiger partial charge is 0.493 e. The monoisotopic (exact) mass is 450 g/mol. The number of carboxylic acid groups (broad SMARTS) is 1. The third-order valence-electron chi connectivity index (χ3n) is 6.20. The van der Waals surface area contributed by atoms with Gasteiger partial charge in [0, 0.05) is 67.5 Å². The summed E-state index contributed by atoms with van der Waals surface area (Å²) < 4.78 is 13.3. The number of H-pyrrole nitrogens is 1. The lowest BCUT2D eigenvalue weighted by Crippen LogP contribution is -2.32. The minimum atomic E-state index is -1.21. The number of nitrogens with one attached hydrogen (secondary N) is 1. The number of rotatable bonds is 7. The van der Waals surface area contributed by atoms with Crippen LogP contribution in [-0.2, 0) is 11.2 Å². The Balaban J connectivity index is 1.90. The number of aromatic amines is 1. The van der Waals surface area contributed by atoms with E-state index in [1.807, 2.05) is 23.0 Å². The molecule has 3 aromatic rings. The highest BCUT2D eigenvalue weighted by Gasteiger charge is 2.34. The molecule has 0 spiro atoms. The lowest BCUT2D eigenvalue weighted by molar-refractivity contribution is 0.0693. The minimum absolute atomic E-state index is 0.0156. The Morgan fingerprint density at radius 1 is 1.21 bits per heavy atom. The van der Waals surface area contributed by atoms with Crippen LogP contribution >= 0.6 is 0 Å². The lowest BCUT2D eigenvalue weighted by atomic mass is 9.78. The molecule has 0 fully saturated rings. The van der Waals surface area contributed by atoms with Crippen LogP contribution in [0.15, 0.2) is 47.7 Å². The summed E-state index contributed by atoms with van der Waals surface area (Å²) in [5.74, 6) is -0.420. The van der Waals surface area contributed by atoms with Gasteiger partial charge in [-0.2, -0.15) is 0 Å². The zero-order valence-corrected chi connectivity index (χ0v) is 19.5. The van der Waals surface area contributed by atoms with E-state index in [4.69, 9.17) is 9.47 Å². The number of fused-ring (bicyclic) bond motifs is 3. The number of aromatic carboxylic acids is 1. The van der Waals surface area contributed by atoms with Gasteiger partial charge in [0.2, 0.25) is 0 Å². The number of ether oxygens (including phenoxy) is 2. The van der Waals surface area contributed by atoms with E-state index >= 15 is 0 Å². The fourth-order valence-electron chi connectivity index (χ4n) is 4.47. The zero-order chi connectivity index (χ0) is 23.8. The van der Waals surface area contributed by atoms with E-state index < -0.39 is 11.4 Å². The minimum Gasteiger partial charge on any atom is -0.493 e. The number of aromatic nitrogens is 2. The van der Waals surface area contributed by atoms with Crippen LogP contribution in [0, 0.1) is 5.41 Å². The van der Waals surface area contributed by atoms with Crippen LogP contribution in [0.3, 0.4) is 0 Å². The van der Waals surface area contributed by atoms with Gasteiger partial charge in [0.1, 0.15) is 11.3 Å². The molecule has 7 nitrogen and oxygen atoms in total. The summed E-state index contributed by atoms with van der Waals surface area (Å²) in [5.41, 5.74) is 3.78.